The average molecular weight is 455 g/mol. The summed E-state index contributed by atoms with van der Waals surface area (Å²) in [5.74, 6) is -1.76. The predicted molar refractivity (Wildman–Crippen MR) is 124 cm³/mol. The largest absolute Gasteiger partial charge is 0.491 e. The van der Waals surface area contributed by atoms with Gasteiger partial charge in [0.1, 0.15) is 0 Å². The molecule has 0 bridgehead atoms. The summed E-state index contributed by atoms with van der Waals surface area (Å²) < 4.78 is 49.0. The molecular weight excluding hydrogens is 425 g/mol. The van der Waals surface area contributed by atoms with E-state index in [1.165, 1.54) is 6.07 Å². The van der Waals surface area contributed by atoms with Gasteiger partial charge in [-0.25, -0.2) is 13.2 Å². The maximum absolute atomic E-state index is 14.9. The molecule has 1 aliphatic carbocycles. The third-order valence-electron chi connectivity index (χ3n) is 6.51. The number of aliphatic hydroxyl groups is 1. The van der Waals surface area contributed by atoms with Crippen molar-refractivity contribution in [3.05, 3.63) is 88.7 Å². The second-order valence-corrected chi connectivity index (χ2v) is 8.73. The highest BCUT2D eigenvalue weighted by Crippen LogP contribution is 2.37. The van der Waals surface area contributed by atoms with Gasteiger partial charge < -0.3 is 9.84 Å². The number of hydrogen-bond donors (Lipinski definition) is 1. The first kappa shape index (κ1) is 23.4. The molecule has 0 aromatic heterocycles. The summed E-state index contributed by atoms with van der Waals surface area (Å²) in [5.41, 5.74) is 3.17. The number of aryl methyl sites for hydroxylation is 2. The van der Waals surface area contributed by atoms with Crippen molar-refractivity contribution >= 4 is 0 Å². The predicted octanol–water partition coefficient (Wildman–Crippen LogP) is 6.97. The molecule has 1 saturated carbocycles. The molecule has 3 aromatic carbocycles. The van der Waals surface area contributed by atoms with Gasteiger partial charge in [0.2, 0.25) is 0 Å². The van der Waals surface area contributed by atoms with E-state index in [4.69, 9.17) is 4.74 Å². The molecule has 0 saturated heterocycles. The van der Waals surface area contributed by atoms with Crippen LogP contribution in [0, 0.1) is 17.5 Å². The summed E-state index contributed by atoms with van der Waals surface area (Å²) in [6.07, 6.45) is 3.62. The zero-order chi connectivity index (χ0) is 23.4. The van der Waals surface area contributed by atoms with Crippen LogP contribution in [0.5, 0.6) is 5.75 Å². The fraction of sp³-hybridized carbons (Fsp3) is 0.357. The molecule has 2 nitrogen and oxygen atoms in total. The van der Waals surface area contributed by atoms with E-state index in [2.05, 4.69) is 0 Å². The number of halogens is 3. The second-order valence-electron chi connectivity index (χ2n) is 8.73. The van der Waals surface area contributed by atoms with Gasteiger partial charge in [-0.1, -0.05) is 42.5 Å². The average Bonchev–Trinajstić information content (AvgIpc) is 2.82. The van der Waals surface area contributed by atoms with Crippen molar-refractivity contribution in [1.29, 1.82) is 0 Å². The van der Waals surface area contributed by atoms with E-state index in [0.29, 0.717) is 56.3 Å². The molecule has 1 N–H and O–H groups in total. The van der Waals surface area contributed by atoms with Crippen LogP contribution in [-0.4, -0.2) is 17.8 Å². The van der Waals surface area contributed by atoms with Crippen LogP contribution in [0.4, 0.5) is 13.2 Å². The maximum Gasteiger partial charge on any atom is 0.166 e. The molecule has 1 fully saturated rings. The van der Waals surface area contributed by atoms with E-state index in [1.54, 1.807) is 30.3 Å². The van der Waals surface area contributed by atoms with E-state index in [0.717, 1.165) is 11.1 Å². The topological polar surface area (TPSA) is 29.5 Å². The summed E-state index contributed by atoms with van der Waals surface area (Å²) >= 11 is 0. The molecule has 33 heavy (non-hydrogen) atoms. The standard InChI is InChI=1S/C28H29F3O2/c1-2-33-26-16-7-19(17-25(26)29)4-3-18-5-8-20(9-6-18)23-14-15-24(28(31)27(23)30)21-10-12-22(32)13-11-21/h5-9,14-17,21-22,32H,2-4,10-13H2,1H3. The molecule has 174 valence electrons. The van der Waals surface area contributed by atoms with Gasteiger partial charge in [-0.15, -0.1) is 0 Å². The van der Waals surface area contributed by atoms with E-state index in [-0.39, 0.29) is 29.2 Å². The van der Waals surface area contributed by atoms with Crippen molar-refractivity contribution in [1.82, 2.24) is 0 Å². The molecule has 0 aliphatic heterocycles. The van der Waals surface area contributed by atoms with Gasteiger partial charge >= 0.3 is 0 Å². The molecular formula is C28H29F3O2. The van der Waals surface area contributed by atoms with E-state index < -0.39 is 11.6 Å². The third-order valence-corrected chi connectivity index (χ3v) is 6.51. The smallest absolute Gasteiger partial charge is 0.166 e. The van der Waals surface area contributed by atoms with Crippen molar-refractivity contribution in [2.45, 2.75) is 57.5 Å². The lowest BCUT2D eigenvalue weighted by Gasteiger charge is -2.26. The highest BCUT2D eigenvalue weighted by atomic mass is 19.2. The second kappa shape index (κ2) is 10.4. The first-order chi connectivity index (χ1) is 16.0. The quantitative estimate of drug-likeness (QED) is 0.418. The Morgan fingerprint density at radius 3 is 2.15 bits per heavy atom. The fourth-order valence-corrected chi connectivity index (χ4v) is 4.60. The van der Waals surface area contributed by atoms with Gasteiger partial charge in [0.15, 0.2) is 23.2 Å². The molecule has 1 aliphatic rings. The summed E-state index contributed by atoms with van der Waals surface area (Å²) in [5, 5.41) is 9.67. The molecule has 0 radical (unpaired) electrons. The van der Waals surface area contributed by atoms with Crippen LogP contribution in [-0.2, 0) is 12.8 Å². The van der Waals surface area contributed by atoms with Crippen LogP contribution in [0.25, 0.3) is 11.1 Å². The van der Waals surface area contributed by atoms with Crippen molar-refractivity contribution in [2.75, 3.05) is 6.61 Å². The van der Waals surface area contributed by atoms with Crippen molar-refractivity contribution < 1.29 is 23.0 Å². The summed E-state index contributed by atoms with van der Waals surface area (Å²) in [4.78, 5) is 0. The van der Waals surface area contributed by atoms with Gasteiger partial charge in [0.05, 0.1) is 12.7 Å². The molecule has 0 amide bonds. The first-order valence-electron chi connectivity index (χ1n) is 11.6. The molecule has 5 heteroatoms. The monoisotopic (exact) mass is 454 g/mol. The molecule has 0 unspecified atom stereocenters. The van der Waals surface area contributed by atoms with Gasteiger partial charge in [-0.2, -0.15) is 0 Å². The first-order valence-corrected chi connectivity index (χ1v) is 11.6. The van der Waals surface area contributed by atoms with Crippen molar-refractivity contribution in [3.8, 4) is 16.9 Å². The number of aliphatic hydroxyl groups excluding tert-OH is 1. The zero-order valence-corrected chi connectivity index (χ0v) is 18.8. The lowest BCUT2D eigenvalue weighted by atomic mass is 9.82. The molecule has 3 aromatic rings. The van der Waals surface area contributed by atoms with Crippen LogP contribution >= 0.6 is 0 Å². The summed E-state index contributed by atoms with van der Waals surface area (Å²) in [6, 6.07) is 15.7. The summed E-state index contributed by atoms with van der Waals surface area (Å²) in [6.45, 7) is 2.23. The van der Waals surface area contributed by atoms with Crippen molar-refractivity contribution in [3.63, 3.8) is 0 Å². The Morgan fingerprint density at radius 2 is 1.48 bits per heavy atom. The highest BCUT2D eigenvalue weighted by Gasteiger charge is 2.25. The summed E-state index contributed by atoms with van der Waals surface area (Å²) in [7, 11) is 0. The van der Waals surface area contributed by atoms with Gasteiger partial charge in [-0.05, 0) is 85.8 Å². The Balaban J connectivity index is 1.43. The lowest BCUT2D eigenvalue weighted by molar-refractivity contribution is 0.122. The van der Waals surface area contributed by atoms with Crippen LogP contribution < -0.4 is 4.74 Å². The Morgan fingerprint density at radius 1 is 0.818 bits per heavy atom. The van der Waals surface area contributed by atoms with Crippen LogP contribution in [0.3, 0.4) is 0 Å². The molecule has 0 spiro atoms. The normalized spacial score (nSPS) is 18.3. The Labute approximate surface area is 193 Å². The Kier molecular flexibility index (Phi) is 7.39. The SMILES string of the molecule is CCOc1ccc(CCc2ccc(-c3ccc(C4CCC(O)CC4)c(F)c3F)cc2)cc1F. The molecule has 4 rings (SSSR count). The molecule has 0 heterocycles. The van der Waals surface area contributed by atoms with Crippen LogP contribution in [0.2, 0.25) is 0 Å². The minimum absolute atomic E-state index is 0.0493. The number of ether oxygens (including phenoxy) is 1. The Hall–Kier alpha value is -2.79. The minimum atomic E-state index is -0.823. The molecule has 0 atom stereocenters. The van der Waals surface area contributed by atoms with E-state index in [9.17, 15) is 18.3 Å². The highest BCUT2D eigenvalue weighted by molar-refractivity contribution is 5.65. The minimum Gasteiger partial charge on any atom is -0.491 e. The van der Waals surface area contributed by atoms with Crippen LogP contribution in [0.15, 0.2) is 54.6 Å². The van der Waals surface area contributed by atoms with Crippen molar-refractivity contribution in [2.24, 2.45) is 0 Å². The van der Waals surface area contributed by atoms with Gasteiger partial charge in [0, 0.05) is 5.56 Å². The number of rotatable bonds is 7. The van der Waals surface area contributed by atoms with E-state index in [1.807, 2.05) is 25.1 Å². The zero-order valence-electron chi connectivity index (χ0n) is 18.8. The van der Waals surface area contributed by atoms with Gasteiger partial charge in [-0.3, -0.25) is 0 Å². The van der Waals surface area contributed by atoms with Crippen LogP contribution in [0.1, 0.15) is 55.2 Å². The third kappa shape index (κ3) is 5.41. The Bertz CT molecular complexity index is 1090. The number of benzene rings is 3. The lowest BCUT2D eigenvalue weighted by Crippen LogP contribution is -2.18. The van der Waals surface area contributed by atoms with Gasteiger partial charge in [0.25, 0.3) is 0 Å². The fourth-order valence-electron chi connectivity index (χ4n) is 4.60. The number of hydrogen-bond acceptors (Lipinski definition) is 2. The van der Waals surface area contributed by atoms with E-state index >= 15 is 0 Å². The maximum atomic E-state index is 14.9.